The highest BCUT2D eigenvalue weighted by Gasteiger charge is 2.41. The number of ether oxygens (including phenoxy) is 1. The molecule has 0 bridgehead atoms. The van der Waals surface area contributed by atoms with Crippen molar-refractivity contribution in [3.63, 3.8) is 0 Å². The van der Waals surface area contributed by atoms with Crippen LogP contribution in [-0.2, 0) is 14.8 Å². The van der Waals surface area contributed by atoms with Crippen molar-refractivity contribution in [2.45, 2.75) is 34.9 Å². The number of sulfonamides is 1. The monoisotopic (exact) mass is 470 g/mol. The summed E-state index contributed by atoms with van der Waals surface area (Å²) >= 11 is 1.68. The molecule has 0 radical (unpaired) electrons. The van der Waals surface area contributed by atoms with Crippen LogP contribution in [-0.4, -0.2) is 44.9 Å². The maximum atomic E-state index is 12.9. The van der Waals surface area contributed by atoms with Crippen LogP contribution >= 0.6 is 11.8 Å². The summed E-state index contributed by atoms with van der Waals surface area (Å²) in [4.78, 5) is 4.25. The second-order valence-electron chi connectivity index (χ2n) is 7.53. The summed E-state index contributed by atoms with van der Waals surface area (Å²) < 4.78 is 34.2. The van der Waals surface area contributed by atoms with Gasteiger partial charge in [0.25, 0.3) is 0 Å². The van der Waals surface area contributed by atoms with Gasteiger partial charge in [-0.1, -0.05) is 54.8 Å². The van der Waals surface area contributed by atoms with Gasteiger partial charge < -0.3 is 14.7 Å². The summed E-state index contributed by atoms with van der Waals surface area (Å²) in [6.45, 7) is 5.76. The average molecular weight is 471 g/mol. The van der Waals surface area contributed by atoms with Crippen LogP contribution in [0.15, 0.2) is 94.1 Å². The fraction of sp³-hybridized carbons (Fsp3) is 0.250. The van der Waals surface area contributed by atoms with Crippen LogP contribution in [0.25, 0.3) is 0 Å². The Labute approximate surface area is 193 Å². The number of hydrogen-bond acceptors (Lipinski definition) is 6. The molecule has 2 heterocycles. The van der Waals surface area contributed by atoms with Gasteiger partial charge in [-0.3, -0.25) is 0 Å². The van der Waals surface area contributed by atoms with E-state index in [1.165, 1.54) is 12.2 Å². The molecule has 2 N–H and O–H groups in total. The second-order valence-corrected chi connectivity index (χ2v) is 10.3. The number of aliphatic hydroxyl groups excluding tert-OH is 1. The van der Waals surface area contributed by atoms with Gasteiger partial charge in [-0.25, -0.2) is 13.1 Å². The number of nitrogens with zero attached hydrogens (tertiary/aromatic N) is 1. The minimum atomic E-state index is -3.87. The van der Waals surface area contributed by atoms with Crippen molar-refractivity contribution in [2.24, 2.45) is 0 Å². The first-order chi connectivity index (χ1) is 15.5. The lowest BCUT2D eigenvalue weighted by molar-refractivity contribution is -0.0243. The van der Waals surface area contributed by atoms with Crippen LogP contribution in [0.4, 0.5) is 11.4 Å². The molecule has 8 heteroatoms. The Balaban J connectivity index is 1.66. The van der Waals surface area contributed by atoms with Gasteiger partial charge in [-0.15, -0.1) is 0 Å². The molecule has 6 nitrogen and oxygen atoms in total. The largest absolute Gasteiger partial charge is 0.389 e. The summed E-state index contributed by atoms with van der Waals surface area (Å²) in [5, 5.41) is 11.3. The van der Waals surface area contributed by atoms with Gasteiger partial charge in [-0.05, 0) is 43.3 Å². The van der Waals surface area contributed by atoms with Crippen molar-refractivity contribution >= 4 is 33.2 Å². The Morgan fingerprint density at radius 3 is 2.38 bits per heavy atom. The van der Waals surface area contributed by atoms with Crippen molar-refractivity contribution in [1.29, 1.82) is 0 Å². The number of benzene rings is 2. The highest BCUT2D eigenvalue weighted by atomic mass is 32.2. The van der Waals surface area contributed by atoms with E-state index in [4.69, 9.17) is 4.74 Å². The third-order valence-corrected chi connectivity index (χ3v) is 8.13. The molecule has 2 aliphatic heterocycles. The Bertz CT molecular complexity index is 1110. The van der Waals surface area contributed by atoms with Crippen molar-refractivity contribution in [3.8, 4) is 0 Å². The number of rotatable bonds is 6. The number of anilines is 2. The normalized spacial score (nSPS) is 23.6. The molecule has 1 saturated heterocycles. The van der Waals surface area contributed by atoms with Crippen molar-refractivity contribution in [2.75, 3.05) is 18.1 Å². The van der Waals surface area contributed by atoms with Crippen LogP contribution in [0, 0.1) is 0 Å². The fourth-order valence-corrected chi connectivity index (χ4v) is 6.22. The van der Waals surface area contributed by atoms with Gasteiger partial charge in [0.1, 0.15) is 0 Å². The Morgan fingerprint density at radius 1 is 1.16 bits per heavy atom. The van der Waals surface area contributed by atoms with E-state index in [0.29, 0.717) is 0 Å². The predicted octanol–water partition coefficient (Wildman–Crippen LogP) is 3.98. The third-order valence-electron chi connectivity index (χ3n) is 5.46. The Hall–Kier alpha value is -2.36. The number of nitrogens with one attached hydrogen (secondary N) is 1. The summed E-state index contributed by atoms with van der Waals surface area (Å²) in [5.74, 6) is 0. The number of para-hydroxylation sites is 2. The van der Waals surface area contributed by atoms with Gasteiger partial charge in [0.2, 0.25) is 10.0 Å². The molecule has 168 valence electrons. The zero-order valence-corrected chi connectivity index (χ0v) is 19.4. The van der Waals surface area contributed by atoms with Crippen molar-refractivity contribution in [1.82, 2.24) is 4.72 Å². The van der Waals surface area contributed by atoms with E-state index in [1.54, 1.807) is 30.8 Å². The van der Waals surface area contributed by atoms with Crippen LogP contribution in [0.5, 0.6) is 0 Å². The average Bonchev–Trinajstić information content (AvgIpc) is 2.79. The molecule has 0 aliphatic carbocycles. The van der Waals surface area contributed by atoms with Crippen molar-refractivity contribution in [3.05, 3.63) is 84.3 Å². The zero-order chi connectivity index (χ0) is 22.7. The lowest BCUT2D eigenvalue weighted by atomic mass is 9.99. The van der Waals surface area contributed by atoms with E-state index in [9.17, 15) is 13.5 Å². The number of aliphatic hydroxyl groups is 1. The molecule has 0 aromatic heterocycles. The SMILES string of the molecule is C=C/C(=C\C=C/C)S(=O)(=O)NC1COCC(N2c3ccccc3Sc3ccccc32)C1O. The first kappa shape index (κ1) is 22.8. The van der Waals surface area contributed by atoms with Gasteiger partial charge in [-0.2, -0.15) is 0 Å². The maximum absolute atomic E-state index is 12.9. The highest BCUT2D eigenvalue weighted by Crippen LogP contribution is 2.49. The molecule has 0 spiro atoms. The summed E-state index contributed by atoms with van der Waals surface area (Å²) in [6.07, 6.45) is 5.13. The first-order valence-corrected chi connectivity index (χ1v) is 12.6. The first-order valence-electron chi connectivity index (χ1n) is 10.3. The molecule has 4 rings (SSSR count). The van der Waals surface area contributed by atoms with Crippen LogP contribution in [0.2, 0.25) is 0 Å². The second kappa shape index (κ2) is 9.64. The smallest absolute Gasteiger partial charge is 0.240 e. The third kappa shape index (κ3) is 4.42. The molecule has 3 unspecified atom stereocenters. The molecule has 32 heavy (non-hydrogen) atoms. The molecule has 0 saturated carbocycles. The molecular formula is C24H26N2O4S2. The molecule has 2 aromatic carbocycles. The molecular weight excluding hydrogens is 444 g/mol. The molecule has 1 fully saturated rings. The van der Waals surface area contributed by atoms with Gasteiger partial charge in [0.05, 0.1) is 47.7 Å². The minimum Gasteiger partial charge on any atom is -0.389 e. The number of fused-ring (bicyclic) bond motifs is 2. The topological polar surface area (TPSA) is 78.9 Å². The molecule has 3 atom stereocenters. The van der Waals surface area contributed by atoms with E-state index in [-0.39, 0.29) is 18.1 Å². The number of allylic oxidation sites excluding steroid dienone is 4. The molecule has 0 amide bonds. The molecule has 2 aromatic rings. The maximum Gasteiger partial charge on any atom is 0.240 e. The van der Waals surface area contributed by atoms with Gasteiger partial charge >= 0.3 is 0 Å². The van der Waals surface area contributed by atoms with Crippen LogP contribution < -0.4 is 9.62 Å². The Morgan fingerprint density at radius 2 is 1.78 bits per heavy atom. The zero-order valence-electron chi connectivity index (χ0n) is 17.7. The minimum absolute atomic E-state index is 0.0370. The molecule has 2 aliphatic rings. The lowest BCUT2D eigenvalue weighted by Gasteiger charge is -2.44. The van der Waals surface area contributed by atoms with E-state index in [1.807, 2.05) is 48.5 Å². The summed E-state index contributed by atoms with van der Waals surface area (Å²) in [6, 6.07) is 14.7. The van der Waals surface area contributed by atoms with Gasteiger partial charge in [0, 0.05) is 9.79 Å². The predicted molar refractivity (Wildman–Crippen MR) is 129 cm³/mol. The highest BCUT2D eigenvalue weighted by molar-refractivity contribution is 7.99. The van der Waals surface area contributed by atoms with E-state index < -0.39 is 28.2 Å². The quantitative estimate of drug-likeness (QED) is 0.622. The Kier molecular flexibility index (Phi) is 6.88. The van der Waals surface area contributed by atoms with E-state index >= 15 is 0 Å². The van der Waals surface area contributed by atoms with Crippen molar-refractivity contribution < 1.29 is 18.3 Å². The summed E-state index contributed by atoms with van der Waals surface area (Å²) in [5.41, 5.74) is 1.93. The standard InChI is InChI=1S/C24H26N2O4S2/c1-3-5-10-17(4-2)32(28,29)25-18-15-30-16-21(24(18)27)26-19-11-6-8-13-22(19)31-23-14-9-7-12-20(23)26/h3-14,18,21,24-25,27H,2,15-16H2,1H3/b5-3-,17-10+. The fourth-order valence-electron chi connectivity index (χ4n) is 3.93. The van der Waals surface area contributed by atoms with Gasteiger partial charge in [0.15, 0.2) is 0 Å². The summed E-state index contributed by atoms with van der Waals surface area (Å²) in [7, 11) is -3.87. The van der Waals surface area contributed by atoms with E-state index in [0.717, 1.165) is 21.2 Å². The lowest BCUT2D eigenvalue weighted by Crippen LogP contribution is -2.60. The number of hydrogen-bond donors (Lipinski definition) is 2. The van der Waals surface area contributed by atoms with Crippen LogP contribution in [0.1, 0.15) is 6.92 Å². The van der Waals surface area contributed by atoms with E-state index in [2.05, 4.69) is 16.2 Å². The van der Waals surface area contributed by atoms with Crippen LogP contribution in [0.3, 0.4) is 0 Å².